The van der Waals surface area contributed by atoms with E-state index in [1.165, 1.54) is 25.3 Å². The van der Waals surface area contributed by atoms with Crippen LogP contribution in [-0.2, 0) is 14.3 Å². The van der Waals surface area contributed by atoms with Gasteiger partial charge in [-0.3, -0.25) is 10.1 Å². The molecule has 0 radical (unpaired) electrons. The van der Waals surface area contributed by atoms with Crippen molar-refractivity contribution in [2.75, 3.05) is 7.11 Å². The Hall–Kier alpha value is -1.89. The van der Waals surface area contributed by atoms with Gasteiger partial charge in [-0.05, 0) is 15.9 Å². The van der Waals surface area contributed by atoms with Crippen molar-refractivity contribution >= 4 is 27.6 Å². The lowest BCUT2D eigenvalue weighted by atomic mass is 10.1. The number of non-ortho nitro benzene ring substituents is 1. The first-order chi connectivity index (χ1) is 8.54. The van der Waals surface area contributed by atoms with Gasteiger partial charge in [-0.25, -0.2) is 4.79 Å². The molecule has 7 heteroatoms. The Morgan fingerprint density at radius 3 is 2.78 bits per heavy atom. The van der Waals surface area contributed by atoms with Crippen LogP contribution in [0.25, 0.3) is 0 Å². The number of halogens is 1. The number of esters is 1. The summed E-state index contributed by atoms with van der Waals surface area (Å²) in [6.07, 6.45) is -0.702. The average Bonchev–Trinajstić information content (AvgIpc) is 2.64. The Morgan fingerprint density at radius 2 is 2.22 bits per heavy atom. The highest BCUT2D eigenvalue weighted by Gasteiger charge is 2.35. The van der Waals surface area contributed by atoms with Crippen molar-refractivity contribution in [3.63, 3.8) is 0 Å². The predicted octanol–water partition coefficient (Wildman–Crippen LogP) is 2.45. The van der Waals surface area contributed by atoms with Gasteiger partial charge in [-0.2, -0.15) is 0 Å². The molecule has 0 aliphatic carbocycles. The topological polar surface area (TPSA) is 78.7 Å². The molecule has 94 valence electrons. The molecule has 0 bridgehead atoms. The van der Waals surface area contributed by atoms with E-state index >= 15 is 0 Å². The molecule has 0 amide bonds. The highest BCUT2D eigenvalue weighted by molar-refractivity contribution is 9.11. The molecule has 1 aromatic carbocycles. The van der Waals surface area contributed by atoms with Crippen molar-refractivity contribution in [3.05, 3.63) is 50.2 Å². The van der Waals surface area contributed by atoms with Gasteiger partial charge in [0.05, 0.1) is 16.5 Å². The van der Waals surface area contributed by atoms with Gasteiger partial charge in [0.2, 0.25) is 5.76 Å². The minimum absolute atomic E-state index is 0.0604. The molecule has 0 saturated heterocycles. The zero-order valence-corrected chi connectivity index (χ0v) is 10.8. The molecule has 1 heterocycles. The fraction of sp³-hybridized carbons (Fsp3) is 0.182. The zero-order valence-electron chi connectivity index (χ0n) is 9.25. The van der Waals surface area contributed by atoms with Gasteiger partial charge < -0.3 is 9.47 Å². The van der Waals surface area contributed by atoms with Crippen LogP contribution in [0.4, 0.5) is 5.69 Å². The van der Waals surface area contributed by atoms with Gasteiger partial charge in [-0.1, -0.05) is 12.1 Å². The van der Waals surface area contributed by atoms with E-state index in [0.717, 1.165) is 0 Å². The smallest absolute Gasteiger partial charge is 0.375 e. The van der Waals surface area contributed by atoms with E-state index in [1.54, 1.807) is 6.07 Å². The molecule has 0 fully saturated rings. The SMILES string of the molecule is COC1=C(Br)C(c2cccc([N+](=O)[O-])c2)OC1=O. The third-order valence-corrected chi connectivity index (χ3v) is 3.22. The Labute approximate surface area is 110 Å². The first kappa shape index (κ1) is 12.6. The number of cyclic esters (lactones) is 1. The van der Waals surface area contributed by atoms with Crippen molar-refractivity contribution < 1.29 is 19.2 Å². The van der Waals surface area contributed by atoms with Crippen LogP contribution in [0.3, 0.4) is 0 Å². The summed E-state index contributed by atoms with van der Waals surface area (Å²) in [5.74, 6) is -0.521. The molecule has 18 heavy (non-hydrogen) atoms. The number of carbonyl (C=O) groups is 1. The summed E-state index contributed by atoms with van der Waals surface area (Å²) in [5, 5.41) is 10.7. The Morgan fingerprint density at radius 1 is 1.50 bits per heavy atom. The predicted molar refractivity (Wildman–Crippen MR) is 64.9 cm³/mol. The summed E-state index contributed by atoms with van der Waals surface area (Å²) >= 11 is 3.21. The molecular formula is C11H8BrNO5. The van der Waals surface area contributed by atoms with Gasteiger partial charge >= 0.3 is 5.97 Å². The van der Waals surface area contributed by atoms with Crippen LogP contribution in [0.1, 0.15) is 11.7 Å². The molecule has 0 saturated carbocycles. The number of methoxy groups -OCH3 is 1. The average molecular weight is 314 g/mol. The Balaban J connectivity index is 2.39. The number of hydrogen-bond donors (Lipinski definition) is 0. The molecular weight excluding hydrogens is 306 g/mol. The minimum Gasteiger partial charge on any atom is -0.489 e. The van der Waals surface area contributed by atoms with Crippen LogP contribution in [-0.4, -0.2) is 18.0 Å². The Bertz CT molecular complexity index is 554. The van der Waals surface area contributed by atoms with Gasteiger partial charge in [-0.15, -0.1) is 0 Å². The number of nitrogens with zero attached hydrogens (tertiary/aromatic N) is 1. The molecule has 1 unspecified atom stereocenters. The number of ether oxygens (including phenoxy) is 2. The van der Waals surface area contributed by atoms with E-state index in [-0.39, 0.29) is 11.4 Å². The summed E-state index contributed by atoms with van der Waals surface area (Å²) in [6.45, 7) is 0. The van der Waals surface area contributed by atoms with Crippen LogP contribution in [0, 0.1) is 10.1 Å². The number of benzene rings is 1. The van der Waals surface area contributed by atoms with E-state index in [2.05, 4.69) is 15.9 Å². The van der Waals surface area contributed by atoms with E-state index in [4.69, 9.17) is 9.47 Å². The van der Waals surface area contributed by atoms with Crippen LogP contribution in [0.5, 0.6) is 0 Å². The molecule has 1 atom stereocenters. The van der Waals surface area contributed by atoms with Gasteiger partial charge in [0.15, 0.2) is 6.10 Å². The second-order valence-electron chi connectivity index (χ2n) is 3.52. The molecule has 0 N–H and O–H groups in total. The van der Waals surface area contributed by atoms with E-state index in [9.17, 15) is 14.9 Å². The monoisotopic (exact) mass is 313 g/mol. The van der Waals surface area contributed by atoms with Crippen molar-refractivity contribution in [2.45, 2.75) is 6.10 Å². The second kappa shape index (κ2) is 4.77. The summed E-state index contributed by atoms with van der Waals surface area (Å²) in [5.41, 5.74) is 0.450. The van der Waals surface area contributed by atoms with Crippen molar-refractivity contribution in [1.29, 1.82) is 0 Å². The maximum absolute atomic E-state index is 11.4. The summed E-state index contributed by atoms with van der Waals surface area (Å²) < 4.78 is 10.4. The number of hydrogen-bond acceptors (Lipinski definition) is 5. The van der Waals surface area contributed by atoms with Gasteiger partial charge in [0.1, 0.15) is 0 Å². The molecule has 6 nitrogen and oxygen atoms in total. The number of nitro groups is 1. The highest BCUT2D eigenvalue weighted by atomic mass is 79.9. The maximum atomic E-state index is 11.4. The lowest BCUT2D eigenvalue weighted by Gasteiger charge is -2.09. The summed E-state index contributed by atoms with van der Waals surface area (Å²) in [6, 6.07) is 5.91. The second-order valence-corrected chi connectivity index (χ2v) is 4.37. The van der Waals surface area contributed by atoms with Crippen molar-refractivity contribution in [1.82, 2.24) is 0 Å². The minimum atomic E-state index is -0.702. The first-order valence-corrected chi connectivity index (χ1v) is 5.73. The molecule has 1 aromatic rings. The van der Waals surface area contributed by atoms with E-state index in [0.29, 0.717) is 10.0 Å². The molecule has 1 aliphatic heterocycles. The zero-order chi connectivity index (χ0) is 13.3. The number of nitro benzene ring substituents is 1. The number of carbonyl (C=O) groups excluding carboxylic acids is 1. The molecule has 2 rings (SSSR count). The normalized spacial score (nSPS) is 18.8. The van der Waals surface area contributed by atoms with E-state index < -0.39 is 17.0 Å². The first-order valence-electron chi connectivity index (χ1n) is 4.93. The quantitative estimate of drug-likeness (QED) is 0.486. The maximum Gasteiger partial charge on any atom is 0.375 e. The summed E-state index contributed by atoms with van der Waals surface area (Å²) in [7, 11) is 1.35. The lowest BCUT2D eigenvalue weighted by molar-refractivity contribution is -0.385. The van der Waals surface area contributed by atoms with Gasteiger partial charge in [0, 0.05) is 17.7 Å². The molecule has 1 aliphatic rings. The molecule has 0 aromatic heterocycles. The van der Waals surface area contributed by atoms with Crippen LogP contribution >= 0.6 is 15.9 Å². The third kappa shape index (κ3) is 2.08. The fourth-order valence-corrected chi connectivity index (χ4v) is 2.31. The van der Waals surface area contributed by atoms with Crippen LogP contribution in [0.2, 0.25) is 0 Å². The highest BCUT2D eigenvalue weighted by Crippen LogP contribution is 2.39. The third-order valence-electron chi connectivity index (χ3n) is 2.45. The summed E-state index contributed by atoms with van der Waals surface area (Å²) in [4.78, 5) is 21.6. The van der Waals surface area contributed by atoms with Crippen LogP contribution < -0.4 is 0 Å². The fourth-order valence-electron chi connectivity index (χ4n) is 1.63. The largest absolute Gasteiger partial charge is 0.489 e. The van der Waals surface area contributed by atoms with Crippen LogP contribution in [0.15, 0.2) is 34.5 Å². The lowest BCUT2D eigenvalue weighted by Crippen LogP contribution is -2.03. The van der Waals surface area contributed by atoms with E-state index in [1.807, 2.05) is 0 Å². The Kier molecular flexibility index (Phi) is 3.33. The number of rotatable bonds is 3. The standard InChI is InChI=1S/C11H8BrNO5/c1-17-10-8(12)9(18-11(10)14)6-3-2-4-7(5-6)13(15)16/h2-5,9H,1H3. The molecule has 0 spiro atoms. The van der Waals surface area contributed by atoms with Crippen molar-refractivity contribution in [2.24, 2.45) is 0 Å². The van der Waals surface area contributed by atoms with Crippen molar-refractivity contribution in [3.8, 4) is 0 Å². The van der Waals surface area contributed by atoms with Gasteiger partial charge in [0.25, 0.3) is 5.69 Å².